The Labute approximate surface area is 132 Å². The number of nitrogens with zero attached hydrogens (tertiary/aromatic N) is 1. The van der Waals surface area contributed by atoms with Crippen LogP contribution < -0.4 is 10.2 Å². The first-order chi connectivity index (χ1) is 10.1. The Balaban J connectivity index is 1.99. The Hall–Kier alpha value is -2.04. The molecular weight excluding hydrogens is 311 g/mol. The van der Waals surface area contributed by atoms with Gasteiger partial charge in [-0.15, -0.1) is 0 Å². The smallest absolute Gasteiger partial charge is 0.271 e. The molecule has 0 fully saturated rings. The minimum atomic E-state index is -0.363. The number of hydrogen-bond acceptors (Lipinski definition) is 3. The average molecular weight is 323 g/mol. The molecule has 0 unspecified atom stereocenters. The molecule has 0 aliphatic heterocycles. The van der Waals surface area contributed by atoms with Crippen LogP contribution in [0.25, 0.3) is 0 Å². The maximum absolute atomic E-state index is 11.9. The summed E-state index contributed by atoms with van der Waals surface area (Å²) in [6, 6.07) is 11.9. The molecule has 2 aromatic carbocycles. The van der Waals surface area contributed by atoms with Crippen molar-refractivity contribution in [2.24, 2.45) is 5.10 Å². The van der Waals surface area contributed by atoms with Gasteiger partial charge in [-0.05, 0) is 48.0 Å². The molecule has 108 valence electrons. The third-order valence-corrected chi connectivity index (χ3v) is 3.42. The minimum Gasteiger partial charge on any atom is -0.497 e. The summed E-state index contributed by atoms with van der Waals surface area (Å²) in [5.41, 5.74) is 3.64. The predicted octanol–water partition coefficient (Wildman–Crippen LogP) is 3.77. The summed E-state index contributed by atoms with van der Waals surface area (Å²) >= 11 is 11.6. The zero-order chi connectivity index (χ0) is 15.2. The number of hydrazone groups is 1. The first-order valence-corrected chi connectivity index (χ1v) is 6.78. The van der Waals surface area contributed by atoms with Crippen molar-refractivity contribution in [2.75, 3.05) is 7.11 Å². The Morgan fingerprint density at radius 1 is 1.14 bits per heavy atom. The van der Waals surface area contributed by atoms with Crippen molar-refractivity contribution in [3.05, 3.63) is 63.6 Å². The predicted molar refractivity (Wildman–Crippen MR) is 84.5 cm³/mol. The molecule has 1 N–H and O–H groups in total. The lowest BCUT2D eigenvalue weighted by Gasteiger charge is -2.02. The number of ether oxygens (including phenoxy) is 1. The van der Waals surface area contributed by atoms with Crippen molar-refractivity contribution < 1.29 is 9.53 Å². The fraction of sp³-hybridized carbons (Fsp3) is 0.0667. The summed E-state index contributed by atoms with van der Waals surface area (Å²) in [5.74, 6) is 0.394. The van der Waals surface area contributed by atoms with Gasteiger partial charge >= 0.3 is 0 Å². The quantitative estimate of drug-likeness (QED) is 0.688. The molecule has 21 heavy (non-hydrogen) atoms. The van der Waals surface area contributed by atoms with Gasteiger partial charge < -0.3 is 4.74 Å². The van der Waals surface area contributed by atoms with Gasteiger partial charge in [0, 0.05) is 5.56 Å². The van der Waals surface area contributed by atoms with Crippen molar-refractivity contribution >= 4 is 35.3 Å². The molecule has 2 aromatic rings. The van der Waals surface area contributed by atoms with E-state index in [0.717, 1.165) is 11.3 Å². The molecule has 6 heteroatoms. The molecule has 0 aliphatic carbocycles. The number of carbonyl (C=O) groups is 1. The molecule has 0 aromatic heterocycles. The van der Waals surface area contributed by atoms with Crippen LogP contribution in [-0.4, -0.2) is 19.2 Å². The number of hydrogen-bond donors (Lipinski definition) is 1. The standard InChI is InChI=1S/C15H12Cl2N2O2/c1-21-12-5-2-10(3-6-12)9-18-19-15(20)11-4-7-13(16)14(17)8-11/h2-9H,1H3,(H,19,20). The van der Waals surface area contributed by atoms with Crippen LogP contribution in [0.15, 0.2) is 47.6 Å². The highest BCUT2D eigenvalue weighted by Gasteiger charge is 2.06. The Kier molecular flexibility index (Phi) is 5.20. The maximum Gasteiger partial charge on any atom is 0.271 e. The van der Waals surface area contributed by atoms with E-state index < -0.39 is 0 Å². The Morgan fingerprint density at radius 3 is 2.48 bits per heavy atom. The van der Waals surface area contributed by atoms with E-state index in [1.165, 1.54) is 12.3 Å². The van der Waals surface area contributed by atoms with Crippen LogP contribution >= 0.6 is 23.2 Å². The van der Waals surface area contributed by atoms with E-state index in [-0.39, 0.29) is 5.91 Å². The average Bonchev–Trinajstić information content (AvgIpc) is 2.50. The second kappa shape index (κ2) is 7.11. The minimum absolute atomic E-state index is 0.323. The lowest BCUT2D eigenvalue weighted by molar-refractivity contribution is 0.0955. The molecule has 0 spiro atoms. The maximum atomic E-state index is 11.9. The number of amides is 1. The number of nitrogens with one attached hydrogen (secondary N) is 1. The Morgan fingerprint density at radius 2 is 1.86 bits per heavy atom. The fourth-order valence-corrected chi connectivity index (χ4v) is 1.86. The molecule has 4 nitrogen and oxygen atoms in total. The van der Waals surface area contributed by atoms with E-state index in [1.807, 2.05) is 24.3 Å². The zero-order valence-electron chi connectivity index (χ0n) is 11.1. The van der Waals surface area contributed by atoms with Crippen LogP contribution in [0.1, 0.15) is 15.9 Å². The summed E-state index contributed by atoms with van der Waals surface area (Å²) in [4.78, 5) is 11.9. The Bertz CT molecular complexity index is 670. The van der Waals surface area contributed by atoms with E-state index in [1.54, 1.807) is 19.2 Å². The normalized spacial score (nSPS) is 10.6. The van der Waals surface area contributed by atoms with Crippen molar-refractivity contribution in [3.8, 4) is 5.75 Å². The summed E-state index contributed by atoms with van der Waals surface area (Å²) in [7, 11) is 1.60. The van der Waals surface area contributed by atoms with Gasteiger partial charge in [-0.1, -0.05) is 23.2 Å². The molecular formula is C15H12Cl2N2O2. The fourth-order valence-electron chi connectivity index (χ4n) is 1.56. The summed E-state index contributed by atoms with van der Waals surface area (Å²) in [6.45, 7) is 0. The van der Waals surface area contributed by atoms with E-state index in [0.29, 0.717) is 15.6 Å². The molecule has 0 atom stereocenters. The molecule has 1 amide bonds. The van der Waals surface area contributed by atoms with Gasteiger partial charge in [0.1, 0.15) is 5.75 Å². The third kappa shape index (κ3) is 4.21. The number of methoxy groups -OCH3 is 1. The van der Waals surface area contributed by atoms with Crippen molar-refractivity contribution in [2.45, 2.75) is 0 Å². The second-order valence-corrected chi connectivity index (χ2v) is 4.92. The molecule has 0 radical (unpaired) electrons. The number of halogens is 2. The van der Waals surface area contributed by atoms with Crippen molar-refractivity contribution in [1.82, 2.24) is 5.43 Å². The topological polar surface area (TPSA) is 50.7 Å². The van der Waals surface area contributed by atoms with E-state index in [9.17, 15) is 4.79 Å². The van der Waals surface area contributed by atoms with Crippen LogP contribution in [0, 0.1) is 0 Å². The third-order valence-electron chi connectivity index (χ3n) is 2.68. The van der Waals surface area contributed by atoms with Crippen LogP contribution in [0.4, 0.5) is 0 Å². The van der Waals surface area contributed by atoms with Crippen molar-refractivity contribution in [3.63, 3.8) is 0 Å². The van der Waals surface area contributed by atoms with Gasteiger partial charge in [0.2, 0.25) is 0 Å². The molecule has 0 saturated heterocycles. The molecule has 0 bridgehead atoms. The molecule has 2 rings (SSSR count). The lowest BCUT2D eigenvalue weighted by Crippen LogP contribution is -2.17. The van der Waals surface area contributed by atoms with Gasteiger partial charge in [0.05, 0.1) is 23.4 Å². The van der Waals surface area contributed by atoms with Gasteiger partial charge in [0.25, 0.3) is 5.91 Å². The second-order valence-electron chi connectivity index (χ2n) is 4.10. The largest absolute Gasteiger partial charge is 0.497 e. The highest BCUT2D eigenvalue weighted by molar-refractivity contribution is 6.42. The van der Waals surface area contributed by atoms with Crippen LogP contribution in [0.5, 0.6) is 5.75 Å². The van der Waals surface area contributed by atoms with Gasteiger partial charge in [-0.3, -0.25) is 4.79 Å². The summed E-state index contributed by atoms with van der Waals surface area (Å²) in [5, 5.41) is 4.60. The highest BCUT2D eigenvalue weighted by Crippen LogP contribution is 2.22. The lowest BCUT2D eigenvalue weighted by atomic mass is 10.2. The first-order valence-electron chi connectivity index (χ1n) is 6.02. The van der Waals surface area contributed by atoms with Crippen LogP contribution in [-0.2, 0) is 0 Å². The molecule has 0 saturated carbocycles. The summed E-state index contributed by atoms with van der Waals surface area (Å²) < 4.78 is 5.05. The van der Waals surface area contributed by atoms with Crippen LogP contribution in [0.3, 0.4) is 0 Å². The number of benzene rings is 2. The molecule has 0 aliphatic rings. The van der Waals surface area contributed by atoms with Gasteiger partial charge in [-0.2, -0.15) is 5.10 Å². The summed E-state index contributed by atoms with van der Waals surface area (Å²) in [6.07, 6.45) is 1.54. The monoisotopic (exact) mass is 322 g/mol. The van der Waals surface area contributed by atoms with E-state index >= 15 is 0 Å². The number of rotatable bonds is 4. The van der Waals surface area contributed by atoms with Gasteiger partial charge in [0.15, 0.2) is 0 Å². The zero-order valence-corrected chi connectivity index (χ0v) is 12.7. The SMILES string of the molecule is COc1ccc(C=NNC(=O)c2ccc(Cl)c(Cl)c2)cc1. The van der Waals surface area contributed by atoms with Crippen LogP contribution in [0.2, 0.25) is 10.0 Å². The number of carbonyl (C=O) groups excluding carboxylic acids is 1. The molecule has 0 heterocycles. The highest BCUT2D eigenvalue weighted by atomic mass is 35.5. The van der Waals surface area contributed by atoms with E-state index in [2.05, 4.69) is 10.5 Å². The van der Waals surface area contributed by atoms with Crippen molar-refractivity contribution in [1.29, 1.82) is 0 Å². The van der Waals surface area contributed by atoms with Gasteiger partial charge in [-0.25, -0.2) is 5.43 Å². The van der Waals surface area contributed by atoms with E-state index in [4.69, 9.17) is 27.9 Å². The first kappa shape index (κ1) is 15.4.